The van der Waals surface area contributed by atoms with Gasteiger partial charge in [0.1, 0.15) is 0 Å². The lowest BCUT2D eigenvalue weighted by Gasteiger charge is -2.25. The number of likely N-dealkylation sites (tertiary alicyclic amines) is 1. The average molecular weight is 379 g/mol. The van der Waals surface area contributed by atoms with E-state index in [0.717, 1.165) is 38.3 Å². The van der Waals surface area contributed by atoms with Crippen LogP contribution in [0.1, 0.15) is 37.2 Å². The highest BCUT2D eigenvalue weighted by atomic mass is 32.2. The fraction of sp³-hybridized carbons (Fsp3) is 0.632. The Balaban J connectivity index is 1.43. The van der Waals surface area contributed by atoms with Gasteiger partial charge in [0.05, 0.1) is 5.75 Å². The molecule has 1 aliphatic carbocycles. The standard InChI is InChI=1S/C19H30N4O2S/c1-20-19(21-11-13-26(24,25)22-14-16-6-5-7-16)23-12-10-18(15-23)17-8-3-2-4-9-17/h2-4,8-9,16,18,22H,5-7,10-15H2,1H3,(H,20,21). The van der Waals surface area contributed by atoms with Crippen molar-refractivity contribution in [2.45, 2.75) is 31.6 Å². The number of hydrogen-bond donors (Lipinski definition) is 2. The molecule has 1 saturated heterocycles. The second-order valence-electron chi connectivity index (χ2n) is 7.28. The molecule has 1 atom stereocenters. The molecule has 0 amide bonds. The summed E-state index contributed by atoms with van der Waals surface area (Å²) in [5.74, 6) is 1.90. The highest BCUT2D eigenvalue weighted by molar-refractivity contribution is 7.89. The van der Waals surface area contributed by atoms with Crippen molar-refractivity contribution in [3.05, 3.63) is 35.9 Å². The molecule has 2 N–H and O–H groups in total. The van der Waals surface area contributed by atoms with Crippen LogP contribution >= 0.6 is 0 Å². The first-order valence-electron chi connectivity index (χ1n) is 9.55. The molecule has 0 spiro atoms. The zero-order valence-electron chi connectivity index (χ0n) is 15.5. The van der Waals surface area contributed by atoms with E-state index in [1.807, 2.05) is 6.07 Å². The first-order valence-corrected chi connectivity index (χ1v) is 11.2. The molecule has 3 rings (SSSR count). The normalized spacial score (nSPS) is 21.7. The lowest BCUT2D eigenvalue weighted by atomic mass is 9.86. The van der Waals surface area contributed by atoms with Crippen LogP contribution in [0.4, 0.5) is 0 Å². The molecule has 6 nitrogen and oxygen atoms in total. The Kier molecular flexibility index (Phi) is 6.53. The summed E-state index contributed by atoms with van der Waals surface area (Å²) in [7, 11) is -1.47. The van der Waals surface area contributed by atoms with Crippen molar-refractivity contribution in [1.29, 1.82) is 0 Å². The number of nitrogens with zero attached hydrogens (tertiary/aromatic N) is 2. The van der Waals surface area contributed by atoms with E-state index in [-0.39, 0.29) is 5.75 Å². The first kappa shape index (κ1) is 19.2. The van der Waals surface area contributed by atoms with Gasteiger partial charge in [-0.25, -0.2) is 13.1 Å². The van der Waals surface area contributed by atoms with Crippen molar-refractivity contribution >= 4 is 16.0 Å². The summed E-state index contributed by atoms with van der Waals surface area (Å²) in [5, 5.41) is 3.21. The van der Waals surface area contributed by atoms with Crippen molar-refractivity contribution in [3.8, 4) is 0 Å². The smallest absolute Gasteiger partial charge is 0.213 e. The Morgan fingerprint density at radius 1 is 1.23 bits per heavy atom. The third kappa shape index (κ3) is 5.20. The molecular formula is C19H30N4O2S. The number of benzene rings is 1. The van der Waals surface area contributed by atoms with Gasteiger partial charge in [0.2, 0.25) is 10.0 Å². The van der Waals surface area contributed by atoms with Crippen LogP contribution in [0.15, 0.2) is 35.3 Å². The Bertz CT molecular complexity index is 702. The van der Waals surface area contributed by atoms with E-state index >= 15 is 0 Å². The Labute approximate surface area is 157 Å². The third-order valence-electron chi connectivity index (χ3n) is 5.44. The molecule has 2 fully saturated rings. The van der Waals surface area contributed by atoms with Crippen LogP contribution < -0.4 is 10.0 Å². The van der Waals surface area contributed by atoms with Crippen molar-refractivity contribution in [1.82, 2.24) is 14.9 Å². The van der Waals surface area contributed by atoms with E-state index < -0.39 is 10.0 Å². The molecular weight excluding hydrogens is 348 g/mol. The van der Waals surface area contributed by atoms with Gasteiger partial charge in [-0.1, -0.05) is 36.8 Å². The van der Waals surface area contributed by atoms with Crippen LogP contribution in [-0.2, 0) is 10.0 Å². The molecule has 1 heterocycles. The van der Waals surface area contributed by atoms with Gasteiger partial charge in [0.15, 0.2) is 5.96 Å². The summed E-state index contributed by atoms with van der Waals surface area (Å²) in [4.78, 5) is 6.54. The van der Waals surface area contributed by atoms with Crippen LogP contribution in [0.5, 0.6) is 0 Å². The van der Waals surface area contributed by atoms with Gasteiger partial charge in [0, 0.05) is 39.1 Å². The molecule has 1 aromatic rings. The predicted octanol–water partition coefficient (Wildman–Crippen LogP) is 1.77. The molecule has 0 radical (unpaired) electrons. The van der Waals surface area contributed by atoms with Gasteiger partial charge in [-0.3, -0.25) is 4.99 Å². The van der Waals surface area contributed by atoms with Crippen LogP contribution in [-0.4, -0.2) is 58.3 Å². The summed E-state index contributed by atoms with van der Waals surface area (Å²) in [6, 6.07) is 10.5. The minimum absolute atomic E-state index is 0.0781. The van der Waals surface area contributed by atoms with Gasteiger partial charge >= 0.3 is 0 Å². The lowest BCUT2D eigenvalue weighted by Crippen LogP contribution is -2.43. The fourth-order valence-corrected chi connectivity index (χ4v) is 4.60. The maximum absolute atomic E-state index is 12.1. The van der Waals surface area contributed by atoms with Crippen molar-refractivity contribution in [2.75, 3.05) is 39.0 Å². The van der Waals surface area contributed by atoms with Crippen molar-refractivity contribution in [3.63, 3.8) is 0 Å². The zero-order valence-corrected chi connectivity index (χ0v) is 16.3. The SMILES string of the molecule is CN=C(NCCS(=O)(=O)NCC1CCC1)N1CCC(c2ccccc2)C1. The van der Waals surface area contributed by atoms with Crippen molar-refractivity contribution in [2.24, 2.45) is 10.9 Å². The highest BCUT2D eigenvalue weighted by Gasteiger charge is 2.26. The van der Waals surface area contributed by atoms with E-state index in [0.29, 0.717) is 24.9 Å². The van der Waals surface area contributed by atoms with Gasteiger partial charge in [-0.15, -0.1) is 0 Å². The molecule has 1 saturated carbocycles. The third-order valence-corrected chi connectivity index (χ3v) is 6.79. The van der Waals surface area contributed by atoms with Gasteiger partial charge in [0.25, 0.3) is 0 Å². The molecule has 0 aromatic heterocycles. The first-order chi connectivity index (χ1) is 12.6. The maximum atomic E-state index is 12.1. The number of sulfonamides is 1. The number of aliphatic imine (C=N–C) groups is 1. The highest BCUT2D eigenvalue weighted by Crippen LogP contribution is 2.27. The number of hydrogen-bond acceptors (Lipinski definition) is 3. The minimum Gasteiger partial charge on any atom is -0.355 e. The van der Waals surface area contributed by atoms with Crippen LogP contribution in [0, 0.1) is 5.92 Å². The fourth-order valence-electron chi connectivity index (χ4n) is 3.59. The van der Waals surface area contributed by atoms with Crippen LogP contribution in [0.25, 0.3) is 0 Å². The second kappa shape index (κ2) is 8.86. The Morgan fingerprint density at radius 3 is 2.65 bits per heavy atom. The number of nitrogens with one attached hydrogen (secondary N) is 2. The van der Waals surface area contributed by atoms with Gasteiger partial charge in [-0.2, -0.15) is 0 Å². The maximum Gasteiger partial charge on any atom is 0.213 e. The summed E-state index contributed by atoms with van der Waals surface area (Å²) in [5.41, 5.74) is 1.35. The summed E-state index contributed by atoms with van der Waals surface area (Å²) in [6.45, 7) is 2.81. The Morgan fingerprint density at radius 2 is 2.00 bits per heavy atom. The molecule has 1 aliphatic heterocycles. The molecule has 1 aromatic carbocycles. The van der Waals surface area contributed by atoms with E-state index in [2.05, 4.69) is 44.2 Å². The lowest BCUT2D eigenvalue weighted by molar-refractivity contribution is 0.316. The molecule has 1 unspecified atom stereocenters. The average Bonchev–Trinajstić information content (AvgIpc) is 3.08. The molecule has 144 valence electrons. The van der Waals surface area contributed by atoms with E-state index in [1.165, 1.54) is 12.0 Å². The molecule has 26 heavy (non-hydrogen) atoms. The zero-order chi connectivity index (χ0) is 18.4. The minimum atomic E-state index is -3.22. The summed E-state index contributed by atoms with van der Waals surface area (Å²) >= 11 is 0. The largest absolute Gasteiger partial charge is 0.355 e. The Hall–Kier alpha value is -1.60. The van der Waals surface area contributed by atoms with Crippen LogP contribution in [0.2, 0.25) is 0 Å². The monoisotopic (exact) mass is 378 g/mol. The molecule has 2 aliphatic rings. The summed E-state index contributed by atoms with van der Waals surface area (Å²) < 4.78 is 26.9. The van der Waals surface area contributed by atoms with Crippen LogP contribution in [0.3, 0.4) is 0 Å². The quantitative estimate of drug-likeness (QED) is 0.560. The number of guanidine groups is 1. The topological polar surface area (TPSA) is 73.8 Å². The predicted molar refractivity (Wildman–Crippen MR) is 106 cm³/mol. The molecule has 0 bridgehead atoms. The summed E-state index contributed by atoms with van der Waals surface area (Å²) in [6.07, 6.45) is 4.60. The second-order valence-corrected chi connectivity index (χ2v) is 9.21. The molecule has 7 heteroatoms. The number of rotatable bonds is 7. The van der Waals surface area contributed by atoms with E-state index in [1.54, 1.807) is 7.05 Å². The van der Waals surface area contributed by atoms with Gasteiger partial charge < -0.3 is 10.2 Å². The van der Waals surface area contributed by atoms with Gasteiger partial charge in [-0.05, 0) is 30.7 Å². The van der Waals surface area contributed by atoms with Crippen molar-refractivity contribution < 1.29 is 8.42 Å². The van der Waals surface area contributed by atoms with E-state index in [9.17, 15) is 8.42 Å². The van der Waals surface area contributed by atoms with E-state index in [4.69, 9.17) is 0 Å².